The molecule has 26 heavy (non-hydrogen) atoms. The number of aromatic nitrogens is 3. The van der Waals surface area contributed by atoms with Crippen LogP contribution in [0.4, 0.5) is 0 Å². The normalized spacial score (nSPS) is 17.2. The van der Waals surface area contributed by atoms with Crippen LogP contribution in [-0.2, 0) is 17.9 Å². The van der Waals surface area contributed by atoms with E-state index in [1.807, 2.05) is 4.68 Å². The Kier molecular flexibility index (Phi) is 5.09. The van der Waals surface area contributed by atoms with Crippen LogP contribution in [0.2, 0.25) is 0 Å². The van der Waals surface area contributed by atoms with Gasteiger partial charge in [0.25, 0.3) is 0 Å². The number of nitrogens with one attached hydrogen (secondary N) is 1. The molecule has 1 N–H and O–H groups in total. The first-order valence-electron chi connectivity index (χ1n) is 9.11. The molecule has 2 unspecified atom stereocenters. The first-order chi connectivity index (χ1) is 12.8. The second-order valence-corrected chi connectivity index (χ2v) is 6.82. The predicted octanol–water partition coefficient (Wildman–Crippen LogP) is 3.58. The maximum absolute atomic E-state index is 5.99. The highest BCUT2D eigenvalue weighted by Crippen LogP contribution is 2.30. The molecule has 5 nitrogen and oxygen atoms in total. The van der Waals surface area contributed by atoms with Crippen LogP contribution in [0.1, 0.15) is 40.8 Å². The first-order valence-corrected chi connectivity index (χ1v) is 9.11. The van der Waals surface area contributed by atoms with E-state index in [2.05, 4.69) is 70.9 Å². The SMILES string of the molecule is Cc1ccc(C(CCn2cncn2)NCC2OCc3ccccc32)cc1. The van der Waals surface area contributed by atoms with Crippen molar-refractivity contribution in [2.45, 2.75) is 38.6 Å². The minimum absolute atomic E-state index is 0.116. The van der Waals surface area contributed by atoms with Crippen LogP contribution < -0.4 is 5.32 Å². The fraction of sp³-hybridized carbons (Fsp3) is 0.333. The summed E-state index contributed by atoms with van der Waals surface area (Å²) in [7, 11) is 0. The fourth-order valence-electron chi connectivity index (χ4n) is 3.47. The molecule has 0 bridgehead atoms. The van der Waals surface area contributed by atoms with Gasteiger partial charge in [0.2, 0.25) is 0 Å². The highest BCUT2D eigenvalue weighted by molar-refractivity contribution is 5.32. The van der Waals surface area contributed by atoms with Crippen LogP contribution in [0, 0.1) is 6.92 Å². The Bertz CT molecular complexity index is 829. The summed E-state index contributed by atoms with van der Waals surface area (Å²) in [5, 5.41) is 7.93. The summed E-state index contributed by atoms with van der Waals surface area (Å²) in [6, 6.07) is 17.5. The molecule has 2 atom stereocenters. The van der Waals surface area contributed by atoms with Crippen LogP contribution in [0.25, 0.3) is 0 Å². The summed E-state index contributed by atoms with van der Waals surface area (Å²) >= 11 is 0. The van der Waals surface area contributed by atoms with E-state index in [-0.39, 0.29) is 12.1 Å². The van der Waals surface area contributed by atoms with E-state index in [1.54, 1.807) is 12.7 Å². The molecule has 0 saturated heterocycles. The van der Waals surface area contributed by atoms with E-state index in [4.69, 9.17) is 4.74 Å². The smallest absolute Gasteiger partial charge is 0.137 e. The van der Waals surface area contributed by atoms with Crippen molar-refractivity contribution in [3.05, 3.63) is 83.4 Å². The fourth-order valence-corrected chi connectivity index (χ4v) is 3.47. The lowest BCUT2D eigenvalue weighted by Crippen LogP contribution is -2.27. The largest absolute Gasteiger partial charge is 0.367 e. The lowest BCUT2D eigenvalue weighted by atomic mass is 10.0. The minimum Gasteiger partial charge on any atom is -0.367 e. The molecular weight excluding hydrogens is 324 g/mol. The van der Waals surface area contributed by atoms with Gasteiger partial charge in [-0.1, -0.05) is 54.1 Å². The quantitative estimate of drug-likeness (QED) is 0.709. The molecule has 1 aliphatic heterocycles. The molecule has 5 heteroatoms. The van der Waals surface area contributed by atoms with Crippen molar-refractivity contribution in [1.29, 1.82) is 0 Å². The van der Waals surface area contributed by atoms with E-state index in [0.717, 1.165) is 19.5 Å². The Morgan fingerprint density at radius 1 is 1.19 bits per heavy atom. The first kappa shape index (κ1) is 16.9. The minimum atomic E-state index is 0.116. The van der Waals surface area contributed by atoms with Crippen LogP contribution in [0.15, 0.2) is 61.2 Å². The summed E-state index contributed by atoms with van der Waals surface area (Å²) in [5.74, 6) is 0. The lowest BCUT2D eigenvalue weighted by Gasteiger charge is -2.22. The molecule has 0 spiro atoms. The van der Waals surface area contributed by atoms with Gasteiger partial charge in [-0.05, 0) is 30.0 Å². The number of rotatable bonds is 7. The second-order valence-electron chi connectivity index (χ2n) is 6.82. The van der Waals surface area contributed by atoms with Crippen molar-refractivity contribution in [2.75, 3.05) is 6.54 Å². The van der Waals surface area contributed by atoms with Gasteiger partial charge < -0.3 is 10.1 Å². The molecule has 2 aromatic carbocycles. The average molecular weight is 348 g/mol. The van der Waals surface area contributed by atoms with Crippen molar-refractivity contribution in [2.24, 2.45) is 0 Å². The number of ether oxygens (including phenoxy) is 1. The van der Waals surface area contributed by atoms with Crippen molar-refractivity contribution >= 4 is 0 Å². The van der Waals surface area contributed by atoms with Gasteiger partial charge in [0.15, 0.2) is 0 Å². The Balaban J connectivity index is 1.45. The Hall–Kier alpha value is -2.50. The molecule has 1 aliphatic rings. The molecule has 0 saturated carbocycles. The molecule has 0 radical (unpaired) electrons. The van der Waals surface area contributed by atoms with Crippen molar-refractivity contribution in [3.8, 4) is 0 Å². The highest BCUT2D eigenvalue weighted by Gasteiger charge is 2.23. The third-order valence-electron chi connectivity index (χ3n) is 4.98. The van der Waals surface area contributed by atoms with Gasteiger partial charge in [0, 0.05) is 19.1 Å². The van der Waals surface area contributed by atoms with E-state index < -0.39 is 0 Å². The van der Waals surface area contributed by atoms with Gasteiger partial charge in [-0.2, -0.15) is 5.10 Å². The molecule has 3 aromatic rings. The number of fused-ring (bicyclic) bond motifs is 1. The molecule has 4 rings (SSSR count). The van der Waals surface area contributed by atoms with Crippen molar-refractivity contribution in [3.63, 3.8) is 0 Å². The van der Waals surface area contributed by atoms with Gasteiger partial charge in [-0.25, -0.2) is 4.98 Å². The lowest BCUT2D eigenvalue weighted by molar-refractivity contribution is 0.0635. The molecule has 0 fully saturated rings. The zero-order chi connectivity index (χ0) is 17.8. The van der Waals surface area contributed by atoms with Crippen LogP contribution in [-0.4, -0.2) is 21.3 Å². The Morgan fingerprint density at radius 2 is 2.04 bits per heavy atom. The maximum Gasteiger partial charge on any atom is 0.137 e. The third-order valence-corrected chi connectivity index (χ3v) is 4.98. The van der Waals surface area contributed by atoms with E-state index in [9.17, 15) is 0 Å². The summed E-state index contributed by atoms with van der Waals surface area (Å²) < 4.78 is 7.87. The number of hydrogen-bond acceptors (Lipinski definition) is 4. The Morgan fingerprint density at radius 3 is 2.85 bits per heavy atom. The summed E-state index contributed by atoms with van der Waals surface area (Å²) in [6.45, 7) is 4.45. The second kappa shape index (κ2) is 7.81. The van der Waals surface area contributed by atoms with E-state index in [0.29, 0.717) is 6.61 Å². The van der Waals surface area contributed by atoms with Crippen molar-refractivity contribution in [1.82, 2.24) is 20.1 Å². The van der Waals surface area contributed by atoms with Gasteiger partial charge in [-0.3, -0.25) is 4.68 Å². The number of benzene rings is 2. The molecule has 2 heterocycles. The van der Waals surface area contributed by atoms with Gasteiger partial charge in [0.05, 0.1) is 12.7 Å². The number of aryl methyl sites for hydroxylation is 2. The van der Waals surface area contributed by atoms with Crippen molar-refractivity contribution < 1.29 is 4.74 Å². The maximum atomic E-state index is 5.99. The summed E-state index contributed by atoms with van der Waals surface area (Å²) in [4.78, 5) is 4.03. The third kappa shape index (κ3) is 3.84. The Labute approximate surface area is 154 Å². The summed E-state index contributed by atoms with van der Waals surface area (Å²) in [6.07, 6.45) is 4.41. The molecule has 0 amide bonds. The molecule has 1 aromatic heterocycles. The molecule has 134 valence electrons. The monoisotopic (exact) mass is 348 g/mol. The zero-order valence-electron chi connectivity index (χ0n) is 15.0. The predicted molar refractivity (Wildman–Crippen MR) is 101 cm³/mol. The van der Waals surface area contributed by atoms with E-state index >= 15 is 0 Å². The summed E-state index contributed by atoms with van der Waals surface area (Å²) in [5.41, 5.74) is 5.17. The zero-order valence-corrected chi connectivity index (χ0v) is 15.0. The van der Waals surface area contributed by atoms with Gasteiger partial charge in [-0.15, -0.1) is 0 Å². The number of nitrogens with zero attached hydrogens (tertiary/aromatic N) is 3. The number of hydrogen-bond donors (Lipinski definition) is 1. The molecular formula is C21H24N4O. The van der Waals surface area contributed by atoms with Crippen LogP contribution in [0.3, 0.4) is 0 Å². The van der Waals surface area contributed by atoms with Crippen LogP contribution >= 0.6 is 0 Å². The standard InChI is InChI=1S/C21H24N4O/c1-16-6-8-17(9-7-16)20(10-11-25-15-22-14-24-25)23-12-21-19-5-3-2-4-18(19)13-26-21/h2-9,14-15,20-21,23H,10-13H2,1H3. The average Bonchev–Trinajstić information content (AvgIpc) is 3.33. The van der Waals surface area contributed by atoms with E-state index in [1.165, 1.54) is 22.3 Å². The topological polar surface area (TPSA) is 52.0 Å². The van der Waals surface area contributed by atoms with Crippen LogP contribution in [0.5, 0.6) is 0 Å². The molecule has 0 aliphatic carbocycles. The van der Waals surface area contributed by atoms with Gasteiger partial charge in [0.1, 0.15) is 12.7 Å². The highest BCUT2D eigenvalue weighted by atomic mass is 16.5. The van der Waals surface area contributed by atoms with Gasteiger partial charge >= 0.3 is 0 Å².